The predicted octanol–water partition coefficient (Wildman–Crippen LogP) is 4.95. The SMILES string of the molecule is Cc1cc2c(nc(C)n2C)c(Cl)c1-c1cccn2c(C(=O)c3cc(F)c(N)c(F)c3)cc(C(N)=O)c12. The number of pyridine rings is 1. The molecule has 3 aromatic heterocycles. The molecule has 2 aromatic carbocycles. The van der Waals surface area contributed by atoms with Gasteiger partial charge in [-0.3, -0.25) is 9.59 Å². The van der Waals surface area contributed by atoms with Gasteiger partial charge in [0.2, 0.25) is 5.78 Å². The zero-order valence-electron chi connectivity index (χ0n) is 19.5. The van der Waals surface area contributed by atoms with Crippen LogP contribution in [0.25, 0.3) is 27.7 Å². The maximum absolute atomic E-state index is 14.1. The van der Waals surface area contributed by atoms with Crippen LogP contribution in [-0.2, 0) is 7.05 Å². The van der Waals surface area contributed by atoms with E-state index >= 15 is 0 Å². The van der Waals surface area contributed by atoms with Gasteiger partial charge < -0.3 is 20.4 Å². The van der Waals surface area contributed by atoms with Gasteiger partial charge in [-0.25, -0.2) is 13.8 Å². The van der Waals surface area contributed by atoms with Gasteiger partial charge >= 0.3 is 0 Å². The molecular formula is C26H20ClF2N5O2. The van der Waals surface area contributed by atoms with Gasteiger partial charge in [0.05, 0.1) is 27.3 Å². The van der Waals surface area contributed by atoms with Gasteiger partial charge in [-0.15, -0.1) is 0 Å². The fourth-order valence-corrected chi connectivity index (χ4v) is 4.93. The van der Waals surface area contributed by atoms with Crippen LogP contribution in [0.2, 0.25) is 5.02 Å². The first-order valence-electron chi connectivity index (χ1n) is 10.9. The predicted molar refractivity (Wildman–Crippen MR) is 134 cm³/mol. The van der Waals surface area contributed by atoms with Crippen LogP contribution in [0.15, 0.2) is 42.6 Å². The van der Waals surface area contributed by atoms with Gasteiger partial charge in [0.1, 0.15) is 28.7 Å². The highest BCUT2D eigenvalue weighted by Crippen LogP contribution is 2.40. The van der Waals surface area contributed by atoms with E-state index in [1.165, 1.54) is 10.5 Å². The molecule has 36 heavy (non-hydrogen) atoms. The van der Waals surface area contributed by atoms with Crippen LogP contribution in [0, 0.1) is 25.5 Å². The monoisotopic (exact) mass is 507 g/mol. The van der Waals surface area contributed by atoms with Crippen molar-refractivity contribution in [2.45, 2.75) is 13.8 Å². The average molecular weight is 508 g/mol. The van der Waals surface area contributed by atoms with Crippen molar-refractivity contribution in [2.24, 2.45) is 12.8 Å². The second-order valence-corrected chi connectivity index (χ2v) is 8.98. The number of hydrogen-bond acceptors (Lipinski definition) is 4. The molecule has 0 radical (unpaired) electrons. The number of anilines is 1. The second kappa shape index (κ2) is 8.17. The van der Waals surface area contributed by atoms with Crippen LogP contribution in [0.3, 0.4) is 0 Å². The first-order valence-corrected chi connectivity index (χ1v) is 11.2. The van der Waals surface area contributed by atoms with Crippen molar-refractivity contribution in [1.82, 2.24) is 14.0 Å². The molecule has 182 valence electrons. The molecule has 0 aliphatic heterocycles. The molecule has 0 saturated carbocycles. The molecule has 7 nitrogen and oxygen atoms in total. The summed E-state index contributed by atoms with van der Waals surface area (Å²) >= 11 is 6.85. The third-order valence-electron chi connectivity index (χ3n) is 6.44. The molecule has 0 aliphatic carbocycles. The highest BCUT2D eigenvalue weighted by molar-refractivity contribution is 6.38. The Morgan fingerprint density at radius 3 is 2.39 bits per heavy atom. The van der Waals surface area contributed by atoms with E-state index < -0.39 is 29.0 Å². The molecule has 0 saturated heterocycles. The zero-order valence-corrected chi connectivity index (χ0v) is 20.2. The number of nitrogen functional groups attached to an aromatic ring is 1. The van der Waals surface area contributed by atoms with Crippen molar-refractivity contribution in [2.75, 3.05) is 5.73 Å². The number of carbonyl (C=O) groups is 2. The van der Waals surface area contributed by atoms with Crippen molar-refractivity contribution >= 4 is 45.5 Å². The van der Waals surface area contributed by atoms with Crippen molar-refractivity contribution in [3.63, 3.8) is 0 Å². The van der Waals surface area contributed by atoms with E-state index in [0.29, 0.717) is 27.2 Å². The lowest BCUT2D eigenvalue weighted by atomic mass is 9.98. The molecule has 0 atom stereocenters. The third kappa shape index (κ3) is 3.35. The van der Waals surface area contributed by atoms with E-state index in [1.54, 1.807) is 18.3 Å². The number of nitrogens with two attached hydrogens (primary N) is 2. The van der Waals surface area contributed by atoms with Crippen LogP contribution in [-0.4, -0.2) is 25.6 Å². The average Bonchev–Trinajstić information content (AvgIpc) is 3.36. The van der Waals surface area contributed by atoms with Gasteiger partial charge in [-0.2, -0.15) is 0 Å². The lowest BCUT2D eigenvalue weighted by molar-refractivity contribution is 0.100. The Morgan fingerprint density at radius 2 is 1.75 bits per heavy atom. The van der Waals surface area contributed by atoms with Gasteiger partial charge in [-0.1, -0.05) is 17.7 Å². The van der Waals surface area contributed by atoms with Crippen LogP contribution >= 0.6 is 11.6 Å². The standard InChI is InChI=1S/C26H20ClF2N5O2/c1-11-7-18-23(32-12(2)33(18)3)21(27)20(11)14-5-4-6-34-19(10-15(24(14)34)26(31)36)25(35)13-8-16(28)22(30)17(29)9-13/h4-10H,30H2,1-3H3,(H2,31,36). The molecule has 5 aromatic rings. The van der Waals surface area contributed by atoms with Crippen LogP contribution in [0.5, 0.6) is 0 Å². The molecule has 3 heterocycles. The quantitative estimate of drug-likeness (QED) is 0.265. The maximum atomic E-state index is 14.1. The molecule has 4 N–H and O–H groups in total. The van der Waals surface area contributed by atoms with E-state index in [1.807, 2.05) is 31.5 Å². The number of rotatable bonds is 4. The van der Waals surface area contributed by atoms with E-state index in [0.717, 1.165) is 29.0 Å². The highest BCUT2D eigenvalue weighted by atomic mass is 35.5. The largest absolute Gasteiger partial charge is 0.394 e. The van der Waals surface area contributed by atoms with Crippen LogP contribution in [0.4, 0.5) is 14.5 Å². The lowest BCUT2D eigenvalue weighted by Gasteiger charge is -2.13. The summed E-state index contributed by atoms with van der Waals surface area (Å²) in [4.78, 5) is 30.4. The number of aromatic nitrogens is 3. The normalized spacial score (nSPS) is 11.5. The molecular weight excluding hydrogens is 488 g/mol. The number of amides is 1. The molecule has 0 spiro atoms. The molecule has 0 aliphatic rings. The number of aryl methyl sites for hydroxylation is 3. The summed E-state index contributed by atoms with van der Waals surface area (Å²) in [5.74, 6) is -2.84. The molecule has 0 fully saturated rings. The Morgan fingerprint density at radius 1 is 1.08 bits per heavy atom. The van der Waals surface area contributed by atoms with Crippen LogP contribution < -0.4 is 11.5 Å². The number of nitrogens with zero attached hydrogens (tertiary/aromatic N) is 3. The topological polar surface area (TPSA) is 108 Å². The summed E-state index contributed by atoms with van der Waals surface area (Å²) in [6.07, 6.45) is 1.56. The highest BCUT2D eigenvalue weighted by Gasteiger charge is 2.25. The summed E-state index contributed by atoms with van der Waals surface area (Å²) in [6.45, 7) is 3.75. The Bertz CT molecular complexity index is 1750. The number of benzene rings is 2. The van der Waals surface area contributed by atoms with Crippen molar-refractivity contribution < 1.29 is 18.4 Å². The minimum Gasteiger partial charge on any atom is -0.394 e. The summed E-state index contributed by atoms with van der Waals surface area (Å²) < 4.78 is 31.5. The Hall–Kier alpha value is -4.24. The minimum absolute atomic E-state index is 0.00671. The maximum Gasteiger partial charge on any atom is 0.250 e. The summed E-state index contributed by atoms with van der Waals surface area (Å²) in [5.41, 5.74) is 13.9. The number of primary amides is 1. The molecule has 5 rings (SSSR count). The summed E-state index contributed by atoms with van der Waals surface area (Å²) in [7, 11) is 1.89. The lowest BCUT2D eigenvalue weighted by Crippen LogP contribution is -2.10. The first kappa shape index (κ1) is 23.5. The van der Waals surface area contributed by atoms with Gasteiger partial charge in [-0.05, 0) is 49.7 Å². The number of hydrogen-bond donors (Lipinski definition) is 2. The number of fused-ring (bicyclic) bond motifs is 2. The summed E-state index contributed by atoms with van der Waals surface area (Å²) in [6, 6.07) is 8.39. The number of halogens is 3. The van der Waals surface area contributed by atoms with E-state index in [4.69, 9.17) is 23.1 Å². The van der Waals surface area contributed by atoms with Crippen molar-refractivity contribution in [1.29, 1.82) is 0 Å². The minimum atomic E-state index is -1.06. The molecule has 0 bridgehead atoms. The Balaban J connectivity index is 1.81. The van der Waals surface area contributed by atoms with Crippen molar-refractivity contribution in [3.8, 4) is 11.1 Å². The fourth-order valence-electron chi connectivity index (χ4n) is 4.54. The smallest absolute Gasteiger partial charge is 0.250 e. The van der Waals surface area contributed by atoms with E-state index in [2.05, 4.69) is 4.98 Å². The molecule has 1 amide bonds. The molecule has 10 heteroatoms. The van der Waals surface area contributed by atoms with Gasteiger partial charge in [0.15, 0.2) is 0 Å². The zero-order chi connectivity index (χ0) is 26.0. The third-order valence-corrected chi connectivity index (χ3v) is 6.80. The first-order chi connectivity index (χ1) is 17.0. The van der Waals surface area contributed by atoms with Crippen molar-refractivity contribution in [3.05, 3.63) is 87.5 Å². The van der Waals surface area contributed by atoms with Gasteiger partial charge in [0, 0.05) is 29.9 Å². The van der Waals surface area contributed by atoms with Gasteiger partial charge in [0.25, 0.3) is 5.91 Å². The van der Waals surface area contributed by atoms with E-state index in [-0.39, 0.29) is 16.8 Å². The number of imidazole rings is 1. The number of ketones is 1. The Labute approximate surface area is 208 Å². The number of carbonyl (C=O) groups excluding carboxylic acids is 2. The Kier molecular flexibility index (Phi) is 5.33. The second-order valence-electron chi connectivity index (χ2n) is 8.60. The van der Waals surface area contributed by atoms with E-state index in [9.17, 15) is 18.4 Å². The fraction of sp³-hybridized carbons (Fsp3) is 0.115. The summed E-state index contributed by atoms with van der Waals surface area (Å²) in [5, 5.41) is 0.383. The molecule has 0 unspecified atom stereocenters. The van der Waals surface area contributed by atoms with Crippen LogP contribution in [0.1, 0.15) is 37.8 Å².